The van der Waals surface area contributed by atoms with Gasteiger partial charge in [0.15, 0.2) is 5.16 Å². The fourth-order valence-electron chi connectivity index (χ4n) is 3.04. The predicted molar refractivity (Wildman–Crippen MR) is 102 cm³/mol. The van der Waals surface area contributed by atoms with Crippen LogP contribution in [0.1, 0.15) is 12.5 Å². The van der Waals surface area contributed by atoms with Crippen molar-refractivity contribution < 1.29 is 4.74 Å². The Kier molecular flexibility index (Phi) is 4.36. The van der Waals surface area contributed by atoms with Gasteiger partial charge in [0.05, 0.1) is 17.6 Å². The molecule has 0 spiro atoms. The number of para-hydroxylation sites is 2. The molecule has 0 unspecified atom stereocenters. The first-order chi connectivity index (χ1) is 12.3. The second-order valence-corrected chi connectivity index (χ2v) is 6.93. The van der Waals surface area contributed by atoms with Gasteiger partial charge in [-0.3, -0.25) is 4.40 Å². The van der Waals surface area contributed by atoms with E-state index in [9.17, 15) is 0 Å². The first-order valence-electron chi connectivity index (χ1n) is 8.42. The number of fused-ring (bicyclic) bond motifs is 3. The van der Waals surface area contributed by atoms with Crippen molar-refractivity contribution in [2.75, 3.05) is 12.4 Å². The molecule has 0 saturated heterocycles. The fraction of sp³-hybridized carbons (Fsp3) is 0.263. The number of hydrogen-bond donors (Lipinski definition) is 0. The summed E-state index contributed by atoms with van der Waals surface area (Å²) in [4.78, 5) is 0. The molecule has 0 aliphatic rings. The van der Waals surface area contributed by atoms with E-state index in [1.165, 1.54) is 11.1 Å². The van der Waals surface area contributed by atoms with Gasteiger partial charge in [-0.2, -0.15) is 0 Å². The smallest absolute Gasteiger partial charge is 0.237 e. The van der Waals surface area contributed by atoms with Crippen molar-refractivity contribution in [3.63, 3.8) is 0 Å². The van der Waals surface area contributed by atoms with E-state index in [4.69, 9.17) is 4.74 Å². The first-order valence-corrected chi connectivity index (χ1v) is 9.41. The summed E-state index contributed by atoms with van der Waals surface area (Å²) in [6.45, 7) is 5.70. The molecule has 4 rings (SSSR count). The molecular formula is C19H20N4OS. The Labute approximate surface area is 150 Å². The largest absolute Gasteiger partial charge is 0.493 e. The van der Waals surface area contributed by atoms with Crippen LogP contribution in [0.3, 0.4) is 0 Å². The summed E-state index contributed by atoms with van der Waals surface area (Å²) in [5.74, 6) is 2.63. The minimum Gasteiger partial charge on any atom is -0.493 e. The summed E-state index contributed by atoms with van der Waals surface area (Å²) >= 11 is 1.67. The minimum atomic E-state index is 0.634. The van der Waals surface area contributed by atoms with Crippen molar-refractivity contribution in [3.05, 3.63) is 54.1 Å². The molecule has 0 bridgehead atoms. The number of hydrogen-bond acceptors (Lipinski definition) is 4. The number of aromatic nitrogens is 4. The van der Waals surface area contributed by atoms with Gasteiger partial charge in [0.2, 0.25) is 5.78 Å². The minimum absolute atomic E-state index is 0.634. The van der Waals surface area contributed by atoms with E-state index in [0.717, 1.165) is 34.5 Å². The fourth-order valence-corrected chi connectivity index (χ4v) is 3.80. The maximum absolute atomic E-state index is 5.83. The number of thioether (sulfide) groups is 1. The molecule has 2 aromatic heterocycles. The number of ether oxygens (including phenoxy) is 1. The molecule has 2 heterocycles. The molecule has 5 nitrogen and oxygen atoms in total. The zero-order chi connectivity index (χ0) is 17.2. The molecule has 128 valence electrons. The number of rotatable bonds is 6. The quantitative estimate of drug-likeness (QED) is 0.386. The zero-order valence-corrected chi connectivity index (χ0v) is 15.2. The Morgan fingerprint density at radius 3 is 2.68 bits per heavy atom. The number of aryl methyl sites for hydroxylation is 2. The van der Waals surface area contributed by atoms with Gasteiger partial charge in [0.1, 0.15) is 5.75 Å². The predicted octanol–water partition coefficient (Wildman–Crippen LogP) is 4.18. The normalized spacial score (nSPS) is 11.4. The van der Waals surface area contributed by atoms with Gasteiger partial charge in [0, 0.05) is 12.3 Å². The lowest BCUT2D eigenvalue weighted by Crippen LogP contribution is -2.01. The Morgan fingerprint density at radius 2 is 1.88 bits per heavy atom. The van der Waals surface area contributed by atoms with E-state index < -0.39 is 0 Å². The van der Waals surface area contributed by atoms with Gasteiger partial charge in [0.25, 0.3) is 0 Å². The maximum Gasteiger partial charge on any atom is 0.237 e. The van der Waals surface area contributed by atoms with Crippen molar-refractivity contribution in [3.8, 4) is 5.75 Å². The van der Waals surface area contributed by atoms with Crippen LogP contribution in [0.4, 0.5) is 0 Å². The van der Waals surface area contributed by atoms with Gasteiger partial charge in [-0.25, -0.2) is 0 Å². The van der Waals surface area contributed by atoms with Gasteiger partial charge in [-0.1, -0.05) is 36.0 Å². The number of benzene rings is 2. The van der Waals surface area contributed by atoms with Crippen LogP contribution in [0.5, 0.6) is 5.75 Å². The summed E-state index contributed by atoms with van der Waals surface area (Å²) in [7, 11) is 0. The average molecular weight is 352 g/mol. The monoisotopic (exact) mass is 352 g/mol. The third kappa shape index (κ3) is 2.98. The van der Waals surface area contributed by atoms with Crippen molar-refractivity contribution >= 4 is 28.6 Å². The van der Waals surface area contributed by atoms with Crippen molar-refractivity contribution in [2.24, 2.45) is 0 Å². The zero-order valence-electron chi connectivity index (χ0n) is 14.3. The van der Waals surface area contributed by atoms with Crippen LogP contribution in [0.25, 0.3) is 16.8 Å². The lowest BCUT2D eigenvalue weighted by atomic mass is 10.2. The highest BCUT2D eigenvalue weighted by Gasteiger charge is 2.15. The Morgan fingerprint density at radius 1 is 1.04 bits per heavy atom. The SMILES string of the molecule is CCn1c2ccccc2n2c(SCCOc3cccc(C)c3)nnc12. The molecule has 25 heavy (non-hydrogen) atoms. The van der Waals surface area contributed by atoms with Gasteiger partial charge >= 0.3 is 0 Å². The third-order valence-corrected chi connectivity index (χ3v) is 5.05. The molecule has 0 amide bonds. The summed E-state index contributed by atoms with van der Waals surface area (Å²) in [5.41, 5.74) is 3.54. The van der Waals surface area contributed by atoms with Crippen LogP contribution >= 0.6 is 11.8 Å². The molecule has 0 atom stereocenters. The topological polar surface area (TPSA) is 44.4 Å². The van der Waals surface area contributed by atoms with Crippen LogP contribution in [0.2, 0.25) is 0 Å². The molecule has 0 saturated carbocycles. The van der Waals surface area contributed by atoms with E-state index >= 15 is 0 Å². The average Bonchev–Trinajstić information content (AvgIpc) is 3.17. The van der Waals surface area contributed by atoms with Gasteiger partial charge in [-0.05, 0) is 43.7 Å². The molecular weight excluding hydrogens is 332 g/mol. The van der Waals surface area contributed by atoms with E-state index in [0.29, 0.717) is 6.61 Å². The standard InChI is InChI=1S/C19H20N4OS/c1-3-22-16-9-4-5-10-17(16)23-18(22)20-21-19(23)25-12-11-24-15-8-6-7-14(2)13-15/h4-10,13H,3,11-12H2,1-2H3. The maximum atomic E-state index is 5.83. The highest BCUT2D eigenvalue weighted by Crippen LogP contribution is 2.25. The Balaban J connectivity index is 1.52. The van der Waals surface area contributed by atoms with Crippen LogP contribution in [0, 0.1) is 6.92 Å². The van der Waals surface area contributed by atoms with Crippen molar-refractivity contribution in [1.82, 2.24) is 19.2 Å². The Hall–Kier alpha value is -2.47. The highest BCUT2D eigenvalue weighted by atomic mass is 32.2. The Bertz CT molecular complexity index is 1020. The lowest BCUT2D eigenvalue weighted by Gasteiger charge is -2.06. The van der Waals surface area contributed by atoms with Crippen LogP contribution in [0.15, 0.2) is 53.7 Å². The molecule has 0 aliphatic carbocycles. The van der Waals surface area contributed by atoms with E-state index in [2.05, 4.69) is 69.4 Å². The van der Waals surface area contributed by atoms with Gasteiger partial charge in [-0.15, -0.1) is 10.2 Å². The molecule has 4 aromatic rings. The van der Waals surface area contributed by atoms with Crippen LogP contribution in [-0.2, 0) is 6.54 Å². The summed E-state index contributed by atoms with van der Waals surface area (Å²) in [5, 5.41) is 9.67. The summed E-state index contributed by atoms with van der Waals surface area (Å²) < 4.78 is 10.2. The molecule has 2 aromatic carbocycles. The molecule has 0 radical (unpaired) electrons. The number of nitrogens with zero attached hydrogens (tertiary/aromatic N) is 4. The van der Waals surface area contributed by atoms with Crippen LogP contribution < -0.4 is 4.74 Å². The highest BCUT2D eigenvalue weighted by molar-refractivity contribution is 7.99. The number of imidazole rings is 1. The molecule has 6 heteroatoms. The molecule has 0 aliphatic heterocycles. The summed E-state index contributed by atoms with van der Waals surface area (Å²) in [6, 6.07) is 16.5. The first kappa shape index (κ1) is 16.0. The summed E-state index contributed by atoms with van der Waals surface area (Å²) in [6.07, 6.45) is 0. The molecule has 0 fully saturated rings. The van der Waals surface area contributed by atoms with E-state index in [1.807, 2.05) is 12.1 Å². The van der Waals surface area contributed by atoms with Crippen molar-refractivity contribution in [1.29, 1.82) is 0 Å². The van der Waals surface area contributed by atoms with Crippen LogP contribution in [-0.4, -0.2) is 31.5 Å². The second-order valence-electron chi connectivity index (χ2n) is 5.86. The molecule has 0 N–H and O–H groups in total. The van der Waals surface area contributed by atoms with E-state index in [1.54, 1.807) is 11.8 Å². The van der Waals surface area contributed by atoms with E-state index in [-0.39, 0.29) is 0 Å². The second kappa shape index (κ2) is 6.80. The van der Waals surface area contributed by atoms with Gasteiger partial charge < -0.3 is 9.30 Å². The lowest BCUT2D eigenvalue weighted by molar-refractivity contribution is 0.343. The van der Waals surface area contributed by atoms with Crippen molar-refractivity contribution in [2.45, 2.75) is 25.5 Å². The third-order valence-electron chi connectivity index (χ3n) is 4.16.